The lowest BCUT2D eigenvalue weighted by Gasteiger charge is -2.04. The van der Waals surface area contributed by atoms with Crippen molar-refractivity contribution in [1.82, 2.24) is 14.8 Å². The van der Waals surface area contributed by atoms with E-state index in [1.54, 1.807) is 22.6 Å². The van der Waals surface area contributed by atoms with Crippen LogP contribution in [0.3, 0.4) is 0 Å². The van der Waals surface area contributed by atoms with Gasteiger partial charge in [-0.25, -0.2) is 4.98 Å². The van der Waals surface area contributed by atoms with Crippen molar-refractivity contribution in [2.75, 3.05) is 11.6 Å². The van der Waals surface area contributed by atoms with E-state index in [1.807, 2.05) is 34.0 Å². The van der Waals surface area contributed by atoms with Gasteiger partial charge in [0.2, 0.25) is 0 Å². The van der Waals surface area contributed by atoms with Crippen molar-refractivity contribution in [3.8, 4) is 0 Å². The Hall–Kier alpha value is -1.34. The molecule has 0 fully saturated rings. The van der Waals surface area contributed by atoms with Crippen LogP contribution < -0.4 is 5.32 Å². The van der Waals surface area contributed by atoms with E-state index >= 15 is 0 Å². The molecule has 0 atom stereocenters. The third-order valence-electron chi connectivity index (χ3n) is 3.07. The molecule has 0 saturated heterocycles. The smallest absolute Gasteiger partial charge is 0.260 e. The van der Waals surface area contributed by atoms with Crippen LogP contribution in [-0.4, -0.2) is 26.9 Å². The molecule has 0 aromatic carbocycles. The fourth-order valence-electron chi connectivity index (χ4n) is 1.99. The second kappa shape index (κ2) is 6.62. The normalized spacial score (nSPS) is 11.1. The maximum Gasteiger partial charge on any atom is 0.260 e. The number of hydrogen-bond donors (Lipinski definition) is 1. The van der Waals surface area contributed by atoms with Gasteiger partial charge in [-0.3, -0.25) is 14.8 Å². The Labute approximate surface area is 133 Å². The molecule has 7 heteroatoms. The highest BCUT2D eigenvalue weighted by molar-refractivity contribution is 8.00. The summed E-state index contributed by atoms with van der Waals surface area (Å²) in [4.78, 5) is 16.9. The minimum absolute atomic E-state index is 0.139. The molecule has 0 aliphatic carbocycles. The minimum Gasteiger partial charge on any atom is -0.298 e. The number of nitrogens with one attached hydrogen (secondary N) is 1. The van der Waals surface area contributed by atoms with Crippen molar-refractivity contribution in [2.45, 2.75) is 44.4 Å². The molecule has 2 heterocycles. The molecule has 114 valence electrons. The summed E-state index contributed by atoms with van der Waals surface area (Å²) in [6.45, 7) is 8.79. The Morgan fingerprint density at radius 3 is 2.76 bits per heavy atom. The summed E-state index contributed by atoms with van der Waals surface area (Å²) in [6.07, 6.45) is 3.81. The molecule has 21 heavy (non-hydrogen) atoms. The Morgan fingerprint density at radius 2 is 2.24 bits per heavy atom. The maximum atomic E-state index is 12.5. The van der Waals surface area contributed by atoms with Gasteiger partial charge in [0.05, 0.1) is 21.2 Å². The zero-order valence-electron chi connectivity index (χ0n) is 12.9. The first-order chi connectivity index (χ1) is 9.96. The summed E-state index contributed by atoms with van der Waals surface area (Å²) < 4.78 is 2.92. The first kappa shape index (κ1) is 16.0. The van der Waals surface area contributed by atoms with Gasteiger partial charge in [-0.15, -0.1) is 11.8 Å². The van der Waals surface area contributed by atoms with E-state index in [0.717, 1.165) is 22.1 Å². The molecule has 1 amide bonds. The van der Waals surface area contributed by atoms with Gasteiger partial charge in [0, 0.05) is 12.7 Å². The van der Waals surface area contributed by atoms with Crippen molar-refractivity contribution in [3.63, 3.8) is 0 Å². The Kier molecular flexibility index (Phi) is 5.05. The number of aryl methyl sites for hydroxylation is 2. The second-order valence-electron chi connectivity index (χ2n) is 4.99. The highest BCUT2D eigenvalue weighted by atomic mass is 32.2. The van der Waals surface area contributed by atoms with Gasteiger partial charge in [-0.05, 0) is 26.0 Å². The molecular weight excluding hydrogens is 304 g/mol. The molecule has 0 spiro atoms. The quantitative estimate of drug-likeness (QED) is 0.851. The van der Waals surface area contributed by atoms with E-state index in [0.29, 0.717) is 10.7 Å². The number of thiazole rings is 1. The predicted molar refractivity (Wildman–Crippen MR) is 88.6 cm³/mol. The summed E-state index contributed by atoms with van der Waals surface area (Å²) in [5, 5.41) is 7.99. The molecule has 0 aliphatic heterocycles. The van der Waals surface area contributed by atoms with Crippen LogP contribution in [0.2, 0.25) is 0 Å². The predicted octanol–water partition coefficient (Wildman–Crippen LogP) is 3.77. The number of hydrogen-bond acceptors (Lipinski definition) is 5. The fraction of sp³-hybridized carbons (Fsp3) is 0.500. The summed E-state index contributed by atoms with van der Waals surface area (Å²) in [5.41, 5.74) is 2.41. The standard InChI is InChI=1S/C14H20N4OS2/c1-6-18-7-10(11(17-18)8(2)3)12(19)16-14-15-9(4)13(20-5)21-14/h7-8H,6H2,1-5H3,(H,15,16,19). The number of aromatic nitrogens is 3. The Morgan fingerprint density at radius 1 is 1.52 bits per heavy atom. The first-order valence-corrected chi connectivity index (χ1v) is 8.90. The number of carbonyl (C=O) groups excluding carboxylic acids is 1. The van der Waals surface area contributed by atoms with Gasteiger partial charge >= 0.3 is 0 Å². The van der Waals surface area contributed by atoms with Gasteiger partial charge in [0.25, 0.3) is 5.91 Å². The van der Waals surface area contributed by atoms with Crippen LogP contribution in [0, 0.1) is 6.92 Å². The fourth-order valence-corrected chi connectivity index (χ4v) is 3.60. The van der Waals surface area contributed by atoms with Crippen LogP contribution >= 0.6 is 23.1 Å². The number of amides is 1. The molecule has 2 aromatic rings. The number of carbonyl (C=O) groups is 1. The van der Waals surface area contributed by atoms with Crippen LogP contribution in [-0.2, 0) is 6.54 Å². The number of anilines is 1. The summed E-state index contributed by atoms with van der Waals surface area (Å²) in [6, 6.07) is 0. The van der Waals surface area contributed by atoms with Crippen molar-refractivity contribution in [3.05, 3.63) is 23.1 Å². The lowest BCUT2D eigenvalue weighted by Crippen LogP contribution is -2.13. The van der Waals surface area contributed by atoms with Crippen molar-refractivity contribution in [2.24, 2.45) is 0 Å². The lowest BCUT2D eigenvalue weighted by molar-refractivity contribution is 0.102. The van der Waals surface area contributed by atoms with E-state index in [2.05, 4.69) is 15.4 Å². The molecule has 0 saturated carbocycles. The van der Waals surface area contributed by atoms with Gasteiger partial charge in [0.1, 0.15) is 0 Å². The van der Waals surface area contributed by atoms with Crippen LogP contribution in [0.1, 0.15) is 48.4 Å². The van der Waals surface area contributed by atoms with Gasteiger partial charge < -0.3 is 0 Å². The lowest BCUT2D eigenvalue weighted by atomic mass is 10.1. The molecule has 5 nitrogen and oxygen atoms in total. The Bertz CT molecular complexity index is 645. The van der Waals surface area contributed by atoms with Crippen LogP contribution in [0.15, 0.2) is 10.4 Å². The molecule has 2 aromatic heterocycles. The third-order valence-corrected chi connectivity index (χ3v) is 5.35. The highest BCUT2D eigenvalue weighted by Crippen LogP contribution is 2.30. The summed E-state index contributed by atoms with van der Waals surface area (Å²) in [5.74, 6) is 0.0677. The number of nitrogens with zero attached hydrogens (tertiary/aromatic N) is 3. The summed E-state index contributed by atoms with van der Waals surface area (Å²) in [7, 11) is 0. The van der Waals surface area contributed by atoms with E-state index < -0.39 is 0 Å². The van der Waals surface area contributed by atoms with Crippen LogP contribution in [0.25, 0.3) is 0 Å². The molecule has 2 rings (SSSR count). The Balaban J connectivity index is 2.25. The summed E-state index contributed by atoms with van der Waals surface area (Å²) >= 11 is 3.15. The average molecular weight is 324 g/mol. The molecular formula is C14H20N4OS2. The van der Waals surface area contributed by atoms with Crippen LogP contribution in [0.4, 0.5) is 5.13 Å². The van der Waals surface area contributed by atoms with Gasteiger partial charge in [0.15, 0.2) is 5.13 Å². The first-order valence-electron chi connectivity index (χ1n) is 6.86. The van der Waals surface area contributed by atoms with Crippen molar-refractivity contribution < 1.29 is 4.79 Å². The zero-order valence-corrected chi connectivity index (χ0v) is 14.6. The van der Waals surface area contributed by atoms with Crippen LogP contribution in [0.5, 0.6) is 0 Å². The average Bonchev–Trinajstić information content (AvgIpc) is 3.02. The van der Waals surface area contributed by atoms with Gasteiger partial charge in [-0.1, -0.05) is 25.2 Å². The van der Waals surface area contributed by atoms with Crippen molar-refractivity contribution >= 4 is 34.1 Å². The topological polar surface area (TPSA) is 59.8 Å². The van der Waals surface area contributed by atoms with Crippen molar-refractivity contribution in [1.29, 1.82) is 0 Å². The van der Waals surface area contributed by atoms with Gasteiger partial charge in [-0.2, -0.15) is 5.10 Å². The number of rotatable bonds is 5. The SMILES string of the molecule is CCn1cc(C(=O)Nc2nc(C)c(SC)s2)c(C(C)C)n1. The zero-order chi connectivity index (χ0) is 15.6. The second-order valence-corrected chi connectivity index (χ2v) is 7.06. The monoisotopic (exact) mass is 324 g/mol. The molecule has 0 radical (unpaired) electrons. The van der Waals surface area contributed by atoms with E-state index in [1.165, 1.54) is 11.3 Å². The largest absolute Gasteiger partial charge is 0.298 e. The molecule has 0 bridgehead atoms. The molecule has 0 aliphatic rings. The van der Waals surface area contributed by atoms with E-state index in [4.69, 9.17) is 0 Å². The van der Waals surface area contributed by atoms with E-state index in [9.17, 15) is 4.79 Å². The molecule has 0 unspecified atom stereocenters. The number of thioether (sulfide) groups is 1. The van der Waals surface area contributed by atoms with E-state index in [-0.39, 0.29) is 11.8 Å². The maximum absolute atomic E-state index is 12.5. The minimum atomic E-state index is -0.139. The highest BCUT2D eigenvalue weighted by Gasteiger charge is 2.20. The molecule has 1 N–H and O–H groups in total. The third kappa shape index (κ3) is 3.47.